The summed E-state index contributed by atoms with van der Waals surface area (Å²) in [5.74, 6) is 0.195. The van der Waals surface area contributed by atoms with Gasteiger partial charge in [-0.25, -0.2) is 0 Å². The number of nitrogens with one attached hydrogen (secondary N) is 1. The van der Waals surface area contributed by atoms with Crippen LogP contribution in [0.15, 0.2) is 30.3 Å². The Hall–Kier alpha value is -1.13. The summed E-state index contributed by atoms with van der Waals surface area (Å²) >= 11 is 0. The fraction of sp³-hybridized carbons (Fsp3) is 0.273. The van der Waals surface area contributed by atoms with E-state index in [2.05, 4.69) is 16.1 Å². The first-order valence-corrected chi connectivity index (χ1v) is 4.71. The Bertz CT molecular complexity index is 365. The summed E-state index contributed by atoms with van der Waals surface area (Å²) in [5, 5.41) is 3.17. The van der Waals surface area contributed by atoms with E-state index in [-0.39, 0.29) is 18.2 Å². The minimum Gasteiger partial charge on any atom is -0.435 e. The molecular formula is C11H12ClF2NO. The molecule has 0 aromatic heterocycles. The summed E-state index contributed by atoms with van der Waals surface area (Å²) in [6.07, 6.45) is 2.09. The van der Waals surface area contributed by atoms with E-state index in [1.807, 2.05) is 0 Å². The Labute approximate surface area is 98.7 Å². The zero-order valence-electron chi connectivity index (χ0n) is 8.45. The fourth-order valence-electron chi connectivity index (χ4n) is 1.54. The first-order valence-electron chi connectivity index (χ1n) is 4.71. The highest BCUT2D eigenvalue weighted by Crippen LogP contribution is 2.20. The van der Waals surface area contributed by atoms with Gasteiger partial charge >= 0.3 is 6.61 Å². The molecule has 1 N–H and O–H groups in total. The SMILES string of the molecule is Cl.FC(F)Oc1ccc(C2=CCNC2)cc1. The summed E-state index contributed by atoms with van der Waals surface area (Å²) in [5.41, 5.74) is 2.24. The quantitative estimate of drug-likeness (QED) is 0.887. The van der Waals surface area contributed by atoms with Gasteiger partial charge in [-0.1, -0.05) is 18.2 Å². The second-order valence-electron chi connectivity index (χ2n) is 3.26. The van der Waals surface area contributed by atoms with Gasteiger partial charge in [0.05, 0.1) is 0 Å². The molecule has 1 aliphatic rings. The predicted octanol–water partition coefficient (Wildman–Crippen LogP) is 2.70. The van der Waals surface area contributed by atoms with E-state index < -0.39 is 6.61 Å². The Kier molecular flexibility index (Phi) is 4.71. The lowest BCUT2D eigenvalue weighted by Crippen LogP contribution is -2.07. The minimum absolute atomic E-state index is 0. The Morgan fingerprint density at radius 3 is 2.38 bits per heavy atom. The van der Waals surface area contributed by atoms with Crippen molar-refractivity contribution in [3.05, 3.63) is 35.9 Å². The number of hydrogen-bond donors (Lipinski definition) is 1. The molecule has 0 fully saturated rings. The molecule has 0 radical (unpaired) electrons. The highest BCUT2D eigenvalue weighted by molar-refractivity contribution is 5.85. The number of hydrogen-bond acceptors (Lipinski definition) is 2. The number of halogens is 3. The minimum atomic E-state index is -2.76. The number of benzene rings is 1. The number of alkyl halides is 2. The van der Waals surface area contributed by atoms with Crippen molar-refractivity contribution in [1.29, 1.82) is 0 Å². The summed E-state index contributed by atoms with van der Waals surface area (Å²) in [6.45, 7) is -1.07. The van der Waals surface area contributed by atoms with Crippen LogP contribution in [0, 0.1) is 0 Å². The highest BCUT2D eigenvalue weighted by Gasteiger charge is 2.07. The second kappa shape index (κ2) is 5.82. The molecule has 0 saturated carbocycles. The standard InChI is InChI=1S/C11H11F2NO.ClH/c12-11(13)15-10-3-1-8(2-4-10)9-5-6-14-7-9;/h1-5,11,14H,6-7H2;1H. The molecule has 0 amide bonds. The molecule has 1 aliphatic heterocycles. The largest absolute Gasteiger partial charge is 0.435 e. The second-order valence-corrected chi connectivity index (χ2v) is 3.26. The van der Waals surface area contributed by atoms with Gasteiger partial charge in [0.2, 0.25) is 0 Å². The van der Waals surface area contributed by atoms with Gasteiger partial charge in [0, 0.05) is 13.1 Å². The van der Waals surface area contributed by atoms with Gasteiger partial charge in [-0.3, -0.25) is 0 Å². The number of rotatable bonds is 3. The third-order valence-electron chi connectivity index (χ3n) is 2.26. The van der Waals surface area contributed by atoms with Gasteiger partial charge in [-0.2, -0.15) is 8.78 Å². The van der Waals surface area contributed by atoms with Gasteiger partial charge in [-0.15, -0.1) is 12.4 Å². The van der Waals surface area contributed by atoms with Crippen LogP contribution in [0.2, 0.25) is 0 Å². The van der Waals surface area contributed by atoms with Crippen molar-refractivity contribution in [3.8, 4) is 5.75 Å². The monoisotopic (exact) mass is 247 g/mol. The first kappa shape index (κ1) is 12.9. The maximum absolute atomic E-state index is 11.9. The smallest absolute Gasteiger partial charge is 0.387 e. The van der Waals surface area contributed by atoms with Crippen molar-refractivity contribution < 1.29 is 13.5 Å². The van der Waals surface area contributed by atoms with Crippen LogP contribution in [0.1, 0.15) is 5.56 Å². The van der Waals surface area contributed by atoms with Gasteiger partial charge in [0.15, 0.2) is 0 Å². The maximum Gasteiger partial charge on any atom is 0.387 e. The molecule has 5 heteroatoms. The Morgan fingerprint density at radius 1 is 1.19 bits per heavy atom. The van der Waals surface area contributed by atoms with Crippen LogP contribution in [-0.2, 0) is 0 Å². The summed E-state index contributed by atoms with van der Waals surface area (Å²) in [4.78, 5) is 0. The zero-order valence-corrected chi connectivity index (χ0v) is 9.27. The summed E-state index contributed by atoms with van der Waals surface area (Å²) in [6, 6.07) is 6.69. The molecule has 0 bridgehead atoms. The molecule has 1 aromatic rings. The van der Waals surface area contributed by atoms with E-state index in [1.165, 1.54) is 5.57 Å². The van der Waals surface area contributed by atoms with Gasteiger partial charge in [0.25, 0.3) is 0 Å². The summed E-state index contributed by atoms with van der Waals surface area (Å²) < 4.78 is 28.0. The lowest BCUT2D eigenvalue weighted by molar-refractivity contribution is -0.0498. The van der Waals surface area contributed by atoms with E-state index in [0.29, 0.717) is 0 Å². The molecule has 88 valence electrons. The van der Waals surface area contributed by atoms with Crippen LogP contribution < -0.4 is 10.1 Å². The predicted molar refractivity (Wildman–Crippen MR) is 61.2 cm³/mol. The Balaban J connectivity index is 0.00000128. The average molecular weight is 248 g/mol. The third kappa shape index (κ3) is 3.18. The van der Waals surface area contributed by atoms with Crippen LogP contribution in [0.3, 0.4) is 0 Å². The summed E-state index contributed by atoms with van der Waals surface area (Å²) in [7, 11) is 0. The van der Waals surface area contributed by atoms with Crippen LogP contribution in [0.25, 0.3) is 5.57 Å². The first-order chi connectivity index (χ1) is 7.25. The van der Waals surface area contributed by atoms with Crippen LogP contribution in [0.4, 0.5) is 8.78 Å². The molecule has 0 saturated heterocycles. The van der Waals surface area contributed by atoms with Gasteiger partial charge in [-0.05, 0) is 23.3 Å². The fourth-order valence-corrected chi connectivity index (χ4v) is 1.54. The van der Waals surface area contributed by atoms with Crippen LogP contribution in [0.5, 0.6) is 5.75 Å². The third-order valence-corrected chi connectivity index (χ3v) is 2.26. The van der Waals surface area contributed by atoms with E-state index in [4.69, 9.17) is 0 Å². The molecule has 0 spiro atoms. The molecule has 0 aliphatic carbocycles. The van der Waals surface area contributed by atoms with Crippen molar-refractivity contribution in [3.63, 3.8) is 0 Å². The van der Waals surface area contributed by atoms with Gasteiger partial charge < -0.3 is 10.1 Å². The molecular weight excluding hydrogens is 236 g/mol. The average Bonchev–Trinajstić information content (AvgIpc) is 2.71. The lowest BCUT2D eigenvalue weighted by Gasteiger charge is -2.06. The van der Waals surface area contributed by atoms with E-state index in [1.54, 1.807) is 24.3 Å². The van der Waals surface area contributed by atoms with Crippen LogP contribution in [-0.4, -0.2) is 19.7 Å². The van der Waals surface area contributed by atoms with Crippen LogP contribution >= 0.6 is 12.4 Å². The van der Waals surface area contributed by atoms with Crippen molar-refractivity contribution in [2.45, 2.75) is 6.61 Å². The Morgan fingerprint density at radius 2 is 1.88 bits per heavy atom. The molecule has 2 nitrogen and oxygen atoms in total. The molecule has 2 rings (SSSR count). The molecule has 16 heavy (non-hydrogen) atoms. The van der Waals surface area contributed by atoms with Gasteiger partial charge in [0.1, 0.15) is 5.75 Å². The lowest BCUT2D eigenvalue weighted by atomic mass is 10.1. The van der Waals surface area contributed by atoms with Crippen molar-refractivity contribution in [1.82, 2.24) is 5.32 Å². The normalized spacial score (nSPS) is 14.6. The highest BCUT2D eigenvalue weighted by atomic mass is 35.5. The van der Waals surface area contributed by atoms with Crippen molar-refractivity contribution in [2.75, 3.05) is 13.1 Å². The zero-order chi connectivity index (χ0) is 10.7. The van der Waals surface area contributed by atoms with Crippen molar-refractivity contribution in [2.24, 2.45) is 0 Å². The molecule has 1 heterocycles. The maximum atomic E-state index is 11.9. The van der Waals surface area contributed by atoms with Crippen molar-refractivity contribution >= 4 is 18.0 Å². The van der Waals surface area contributed by atoms with E-state index >= 15 is 0 Å². The van der Waals surface area contributed by atoms with E-state index in [9.17, 15) is 8.78 Å². The molecule has 0 unspecified atom stereocenters. The number of ether oxygens (including phenoxy) is 1. The van der Waals surface area contributed by atoms with E-state index in [0.717, 1.165) is 18.7 Å². The molecule has 1 aromatic carbocycles. The molecule has 0 atom stereocenters. The topological polar surface area (TPSA) is 21.3 Å².